The summed E-state index contributed by atoms with van der Waals surface area (Å²) < 4.78 is 0. The fraction of sp³-hybridized carbons (Fsp3) is 0.300. The summed E-state index contributed by atoms with van der Waals surface area (Å²) in [6.07, 6.45) is 0. The van der Waals surface area contributed by atoms with Crippen molar-refractivity contribution in [1.82, 2.24) is 20.2 Å². The highest BCUT2D eigenvalue weighted by atomic mass is 35.5. The van der Waals surface area contributed by atoms with Gasteiger partial charge in [0.1, 0.15) is 0 Å². The summed E-state index contributed by atoms with van der Waals surface area (Å²) in [6, 6.07) is 7.89. The second kappa shape index (κ2) is 4.94. The van der Waals surface area contributed by atoms with E-state index in [2.05, 4.69) is 20.7 Å². The molecule has 1 aromatic heterocycles. The normalized spacial score (nSPS) is 10.4. The molecular weight excluding hydrogens is 226 g/mol. The second-order valence-corrected chi connectivity index (χ2v) is 3.61. The van der Waals surface area contributed by atoms with Crippen molar-refractivity contribution >= 4 is 17.3 Å². The molecule has 0 bridgehead atoms. The third-order valence-electron chi connectivity index (χ3n) is 2.15. The van der Waals surface area contributed by atoms with Crippen LogP contribution in [0.4, 0.5) is 5.69 Å². The predicted molar refractivity (Wildman–Crippen MR) is 62.1 cm³/mol. The third-order valence-corrected chi connectivity index (χ3v) is 2.44. The lowest BCUT2D eigenvalue weighted by molar-refractivity contribution is 0.628. The van der Waals surface area contributed by atoms with Crippen molar-refractivity contribution in [1.29, 1.82) is 0 Å². The van der Waals surface area contributed by atoms with E-state index < -0.39 is 0 Å². The zero-order valence-corrected chi connectivity index (χ0v) is 9.65. The van der Waals surface area contributed by atoms with Crippen LogP contribution >= 0.6 is 11.6 Å². The molecular formula is C10H12ClN5. The topological polar surface area (TPSA) is 55.6 Å². The molecule has 2 aromatic rings. The van der Waals surface area contributed by atoms with Crippen LogP contribution < -0.4 is 5.32 Å². The molecule has 0 radical (unpaired) electrons. The number of nitrogens with one attached hydrogen (secondary N) is 1. The van der Waals surface area contributed by atoms with Gasteiger partial charge < -0.3 is 5.32 Å². The minimum Gasteiger partial charge on any atom is -0.377 e. The number of para-hydroxylation sites is 1. The molecule has 84 valence electrons. The first-order valence-corrected chi connectivity index (χ1v) is 5.43. The Morgan fingerprint density at radius 1 is 1.38 bits per heavy atom. The summed E-state index contributed by atoms with van der Waals surface area (Å²) in [7, 11) is 1.74. The average Bonchev–Trinajstić information content (AvgIpc) is 2.73. The first-order valence-electron chi connectivity index (χ1n) is 4.90. The number of nitrogens with zero attached hydrogens (tertiary/aromatic N) is 4. The fourth-order valence-corrected chi connectivity index (χ4v) is 1.61. The lowest BCUT2D eigenvalue weighted by atomic mass is 10.2. The third kappa shape index (κ3) is 2.49. The van der Waals surface area contributed by atoms with Crippen molar-refractivity contribution in [3.63, 3.8) is 0 Å². The maximum atomic E-state index is 5.83. The Morgan fingerprint density at radius 3 is 2.88 bits per heavy atom. The molecule has 0 saturated carbocycles. The lowest BCUT2D eigenvalue weighted by Gasteiger charge is -2.07. The lowest BCUT2D eigenvalue weighted by Crippen LogP contribution is -2.04. The number of benzene rings is 1. The van der Waals surface area contributed by atoms with Crippen LogP contribution in [-0.2, 0) is 19.5 Å². The largest absolute Gasteiger partial charge is 0.377 e. The van der Waals surface area contributed by atoms with Crippen LogP contribution in [0.25, 0.3) is 0 Å². The van der Waals surface area contributed by atoms with Crippen molar-refractivity contribution in [3.8, 4) is 0 Å². The minimum atomic E-state index is 0.483. The number of anilines is 1. The fourth-order valence-electron chi connectivity index (χ4n) is 1.38. The van der Waals surface area contributed by atoms with Crippen LogP contribution in [0.3, 0.4) is 0 Å². The Bertz CT molecular complexity index is 468. The number of alkyl halides is 1. The van der Waals surface area contributed by atoms with Gasteiger partial charge >= 0.3 is 0 Å². The molecule has 16 heavy (non-hydrogen) atoms. The van der Waals surface area contributed by atoms with Gasteiger partial charge in [-0.25, -0.2) is 0 Å². The van der Waals surface area contributed by atoms with Gasteiger partial charge in [-0.3, -0.25) is 0 Å². The molecule has 0 aliphatic rings. The molecule has 6 heteroatoms. The monoisotopic (exact) mass is 237 g/mol. The maximum absolute atomic E-state index is 5.83. The van der Waals surface area contributed by atoms with Crippen LogP contribution in [0, 0.1) is 0 Å². The summed E-state index contributed by atoms with van der Waals surface area (Å²) in [5, 5.41) is 15.0. The highest BCUT2D eigenvalue weighted by Gasteiger charge is 2.02. The number of hydrogen-bond acceptors (Lipinski definition) is 4. The van der Waals surface area contributed by atoms with E-state index in [1.54, 1.807) is 7.05 Å². The van der Waals surface area contributed by atoms with Gasteiger partial charge in [-0.1, -0.05) is 18.2 Å². The van der Waals surface area contributed by atoms with E-state index in [1.165, 1.54) is 4.80 Å². The number of hydrogen-bond donors (Lipinski definition) is 1. The van der Waals surface area contributed by atoms with E-state index in [0.717, 1.165) is 11.3 Å². The smallest absolute Gasteiger partial charge is 0.193 e. The molecule has 1 N–H and O–H groups in total. The van der Waals surface area contributed by atoms with E-state index in [1.807, 2.05) is 24.3 Å². The van der Waals surface area contributed by atoms with Gasteiger partial charge in [0, 0.05) is 11.6 Å². The van der Waals surface area contributed by atoms with E-state index in [4.69, 9.17) is 11.6 Å². The zero-order chi connectivity index (χ0) is 11.4. The van der Waals surface area contributed by atoms with Crippen LogP contribution in [0.1, 0.15) is 11.4 Å². The molecule has 5 nitrogen and oxygen atoms in total. The van der Waals surface area contributed by atoms with E-state index in [-0.39, 0.29) is 0 Å². The number of rotatable bonds is 4. The molecule has 1 aromatic carbocycles. The van der Waals surface area contributed by atoms with Crippen molar-refractivity contribution in [3.05, 3.63) is 35.7 Å². The van der Waals surface area contributed by atoms with Crippen molar-refractivity contribution in [2.75, 3.05) is 5.32 Å². The van der Waals surface area contributed by atoms with Gasteiger partial charge in [-0.15, -0.1) is 21.8 Å². The van der Waals surface area contributed by atoms with Crippen LogP contribution in [0.2, 0.25) is 0 Å². The SMILES string of the molecule is Cn1nnc(CNc2ccccc2CCl)n1. The number of aromatic nitrogens is 4. The summed E-state index contributed by atoms with van der Waals surface area (Å²) in [4.78, 5) is 1.43. The van der Waals surface area contributed by atoms with E-state index in [0.29, 0.717) is 18.2 Å². The Hall–Kier alpha value is -1.62. The van der Waals surface area contributed by atoms with Crippen molar-refractivity contribution in [2.24, 2.45) is 7.05 Å². The van der Waals surface area contributed by atoms with Gasteiger partial charge in [0.15, 0.2) is 5.82 Å². The highest BCUT2D eigenvalue weighted by Crippen LogP contribution is 2.17. The van der Waals surface area contributed by atoms with Crippen LogP contribution in [0.5, 0.6) is 0 Å². The quantitative estimate of drug-likeness (QED) is 0.820. The van der Waals surface area contributed by atoms with E-state index in [9.17, 15) is 0 Å². The van der Waals surface area contributed by atoms with Gasteiger partial charge in [-0.05, 0) is 16.8 Å². The van der Waals surface area contributed by atoms with Gasteiger partial charge in [0.05, 0.1) is 13.6 Å². The van der Waals surface area contributed by atoms with Gasteiger partial charge in [0.25, 0.3) is 0 Å². The summed E-state index contributed by atoms with van der Waals surface area (Å²) in [5.41, 5.74) is 2.07. The molecule has 1 heterocycles. The molecule has 0 aliphatic heterocycles. The minimum absolute atomic E-state index is 0.483. The zero-order valence-electron chi connectivity index (χ0n) is 8.89. The van der Waals surface area contributed by atoms with Crippen molar-refractivity contribution in [2.45, 2.75) is 12.4 Å². The first kappa shape index (κ1) is 10.9. The molecule has 0 amide bonds. The number of halogens is 1. The average molecular weight is 238 g/mol. The Morgan fingerprint density at radius 2 is 2.19 bits per heavy atom. The first-order chi connectivity index (χ1) is 7.79. The standard InChI is InChI=1S/C10H12ClN5/c1-16-14-10(13-15-16)7-12-9-5-3-2-4-8(9)6-11/h2-5,12H,6-7H2,1H3. The number of tetrazole rings is 1. The van der Waals surface area contributed by atoms with E-state index >= 15 is 0 Å². The van der Waals surface area contributed by atoms with Gasteiger partial charge in [-0.2, -0.15) is 4.80 Å². The molecule has 0 fully saturated rings. The molecule has 0 spiro atoms. The molecule has 2 rings (SSSR count). The predicted octanol–water partition coefficient (Wildman–Crippen LogP) is 1.56. The summed E-state index contributed by atoms with van der Waals surface area (Å²) in [6.45, 7) is 0.543. The Balaban J connectivity index is 2.04. The maximum Gasteiger partial charge on any atom is 0.193 e. The second-order valence-electron chi connectivity index (χ2n) is 3.34. The highest BCUT2D eigenvalue weighted by molar-refractivity contribution is 6.17. The molecule has 0 unspecified atom stereocenters. The van der Waals surface area contributed by atoms with Gasteiger partial charge in [0.2, 0.25) is 0 Å². The summed E-state index contributed by atoms with van der Waals surface area (Å²) in [5.74, 6) is 1.14. The molecule has 0 atom stereocenters. The van der Waals surface area contributed by atoms with Crippen molar-refractivity contribution < 1.29 is 0 Å². The van der Waals surface area contributed by atoms with Crippen LogP contribution in [0.15, 0.2) is 24.3 Å². The Kier molecular flexibility index (Phi) is 3.36. The Labute approximate surface area is 98.4 Å². The molecule has 0 aliphatic carbocycles. The molecule has 0 saturated heterocycles. The van der Waals surface area contributed by atoms with Crippen LogP contribution in [-0.4, -0.2) is 20.2 Å². The summed E-state index contributed by atoms with van der Waals surface area (Å²) >= 11 is 5.83. The number of aryl methyl sites for hydroxylation is 1.